The smallest absolute Gasteiger partial charge is 0.339 e. The fourth-order valence-electron chi connectivity index (χ4n) is 5.07. The van der Waals surface area contributed by atoms with Gasteiger partial charge < -0.3 is 30.1 Å². The molecule has 2 heterocycles. The van der Waals surface area contributed by atoms with E-state index in [1.54, 1.807) is 0 Å². The van der Waals surface area contributed by atoms with Gasteiger partial charge in [-0.05, 0) is 77.6 Å². The zero-order valence-corrected chi connectivity index (χ0v) is 22.2. The average Bonchev–Trinajstić information content (AvgIpc) is 3.16. The maximum Gasteiger partial charge on any atom is 0.339 e. The van der Waals surface area contributed by atoms with Crippen LogP contribution in [0.2, 0.25) is 0 Å². The number of benzene rings is 2. The van der Waals surface area contributed by atoms with Gasteiger partial charge in [0, 0.05) is 23.2 Å². The van der Waals surface area contributed by atoms with E-state index in [0.29, 0.717) is 35.4 Å². The molecule has 0 radical (unpaired) electrons. The maximum atomic E-state index is 13.3. The molecule has 8 nitrogen and oxygen atoms in total. The SMILES string of the molecule is CC(C)=CCCC(C)=CCC[C@]1(C)Oc2c(c(O)cc3c2CN(c2ccc(O)c(C(=O)O)c2)C3=O)C[C@@H]1O. The number of phenols is 2. The summed E-state index contributed by atoms with van der Waals surface area (Å²) in [5.41, 5.74) is 2.94. The molecule has 4 N–H and O–H groups in total. The van der Waals surface area contributed by atoms with Gasteiger partial charge in [0.2, 0.25) is 0 Å². The van der Waals surface area contributed by atoms with E-state index in [4.69, 9.17) is 4.74 Å². The van der Waals surface area contributed by atoms with Crippen molar-refractivity contribution in [1.29, 1.82) is 0 Å². The van der Waals surface area contributed by atoms with Crippen LogP contribution >= 0.6 is 0 Å². The van der Waals surface area contributed by atoms with Crippen LogP contribution in [0.4, 0.5) is 5.69 Å². The zero-order chi connectivity index (χ0) is 27.8. The number of amides is 1. The molecule has 2 aliphatic heterocycles. The Morgan fingerprint density at radius 1 is 1.11 bits per heavy atom. The summed E-state index contributed by atoms with van der Waals surface area (Å²) in [5.74, 6) is -1.84. The van der Waals surface area contributed by atoms with Crippen LogP contribution < -0.4 is 9.64 Å². The van der Waals surface area contributed by atoms with E-state index in [2.05, 4.69) is 32.9 Å². The minimum Gasteiger partial charge on any atom is -0.508 e. The Labute approximate surface area is 222 Å². The number of hydrogen-bond acceptors (Lipinski definition) is 6. The average molecular weight is 522 g/mol. The van der Waals surface area contributed by atoms with Crippen molar-refractivity contribution in [1.82, 2.24) is 0 Å². The molecular formula is C30H35NO7. The Morgan fingerprint density at radius 3 is 2.53 bits per heavy atom. The highest BCUT2D eigenvalue weighted by molar-refractivity contribution is 6.11. The molecule has 0 saturated carbocycles. The number of aromatic carboxylic acids is 1. The molecule has 4 rings (SSSR count). The van der Waals surface area contributed by atoms with E-state index >= 15 is 0 Å². The molecule has 0 bridgehead atoms. The number of hydrogen-bond donors (Lipinski definition) is 4. The molecule has 0 fully saturated rings. The van der Waals surface area contributed by atoms with Crippen molar-refractivity contribution >= 4 is 17.6 Å². The third-order valence-corrected chi connectivity index (χ3v) is 7.44. The number of aliphatic hydroxyl groups excluding tert-OH is 1. The first-order valence-electron chi connectivity index (χ1n) is 12.8. The first kappa shape index (κ1) is 27.3. The summed E-state index contributed by atoms with van der Waals surface area (Å²) in [4.78, 5) is 26.2. The Hall–Kier alpha value is -3.78. The molecule has 0 saturated heterocycles. The van der Waals surface area contributed by atoms with Gasteiger partial charge >= 0.3 is 5.97 Å². The first-order valence-corrected chi connectivity index (χ1v) is 12.8. The van der Waals surface area contributed by atoms with Gasteiger partial charge in [0.1, 0.15) is 28.4 Å². The topological polar surface area (TPSA) is 128 Å². The second-order valence-corrected chi connectivity index (χ2v) is 10.7. The number of carboxylic acid groups (broad SMARTS) is 1. The van der Waals surface area contributed by atoms with Gasteiger partial charge in [-0.2, -0.15) is 0 Å². The van der Waals surface area contributed by atoms with Gasteiger partial charge in [-0.3, -0.25) is 4.79 Å². The predicted octanol–water partition coefficient (Wildman–Crippen LogP) is 5.48. The van der Waals surface area contributed by atoms with Crippen LogP contribution in [0, 0.1) is 0 Å². The molecule has 8 heteroatoms. The largest absolute Gasteiger partial charge is 0.508 e. The number of rotatable bonds is 8. The van der Waals surface area contributed by atoms with Gasteiger partial charge in [-0.1, -0.05) is 23.3 Å². The second-order valence-electron chi connectivity index (χ2n) is 10.7. The molecule has 0 aliphatic carbocycles. The summed E-state index contributed by atoms with van der Waals surface area (Å²) in [6, 6.07) is 5.33. The maximum absolute atomic E-state index is 13.3. The van der Waals surface area contributed by atoms with Crippen molar-refractivity contribution in [3.8, 4) is 17.2 Å². The molecule has 202 valence electrons. The molecule has 0 unspecified atom stereocenters. The van der Waals surface area contributed by atoms with Gasteiger partial charge in [-0.15, -0.1) is 0 Å². The number of ether oxygens (including phenoxy) is 1. The molecule has 2 aromatic rings. The summed E-state index contributed by atoms with van der Waals surface area (Å²) >= 11 is 0. The Bertz CT molecular complexity index is 1340. The lowest BCUT2D eigenvalue weighted by Crippen LogP contribution is -2.49. The first-order chi connectivity index (χ1) is 17.9. The second kappa shape index (κ2) is 10.5. The van der Waals surface area contributed by atoms with E-state index < -0.39 is 29.3 Å². The van der Waals surface area contributed by atoms with Gasteiger partial charge in [0.05, 0.1) is 18.2 Å². The number of phenolic OH excluding ortho intramolecular Hbond substituents is 1. The van der Waals surface area contributed by atoms with Crippen LogP contribution in [0.5, 0.6) is 17.2 Å². The fourth-order valence-corrected chi connectivity index (χ4v) is 5.07. The molecule has 1 amide bonds. The minimum atomic E-state index is -1.31. The summed E-state index contributed by atoms with van der Waals surface area (Å²) < 4.78 is 6.40. The number of allylic oxidation sites excluding steroid dienone is 4. The molecular weight excluding hydrogens is 486 g/mol. The van der Waals surface area contributed by atoms with Crippen molar-refractivity contribution in [2.24, 2.45) is 0 Å². The van der Waals surface area contributed by atoms with Crippen molar-refractivity contribution in [3.63, 3.8) is 0 Å². The number of anilines is 1. The van der Waals surface area contributed by atoms with Crippen LogP contribution in [0.15, 0.2) is 47.6 Å². The van der Waals surface area contributed by atoms with Crippen molar-refractivity contribution in [3.05, 3.63) is 69.8 Å². The highest BCUT2D eigenvalue weighted by atomic mass is 16.5. The quantitative estimate of drug-likeness (QED) is 0.339. The highest BCUT2D eigenvalue weighted by Crippen LogP contribution is 2.47. The molecule has 0 aromatic heterocycles. The fraction of sp³-hybridized carbons (Fsp3) is 0.400. The molecule has 2 atom stereocenters. The van der Waals surface area contributed by atoms with Gasteiger partial charge in [0.25, 0.3) is 5.91 Å². The summed E-state index contributed by atoms with van der Waals surface area (Å²) in [6.07, 6.45) is 6.93. The summed E-state index contributed by atoms with van der Waals surface area (Å²) in [5, 5.41) is 40.9. The van der Waals surface area contributed by atoms with Gasteiger partial charge in [0.15, 0.2) is 0 Å². The monoisotopic (exact) mass is 521 g/mol. The number of fused-ring (bicyclic) bond motifs is 3. The third-order valence-electron chi connectivity index (χ3n) is 7.44. The van der Waals surface area contributed by atoms with E-state index in [1.165, 1.54) is 40.3 Å². The van der Waals surface area contributed by atoms with E-state index in [1.807, 2.05) is 6.92 Å². The number of nitrogens with zero attached hydrogens (tertiary/aromatic N) is 1. The number of aliphatic hydroxyl groups is 1. The van der Waals surface area contributed by atoms with Gasteiger partial charge in [-0.25, -0.2) is 4.79 Å². The third kappa shape index (κ3) is 5.27. The number of aromatic hydroxyl groups is 2. The Balaban J connectivity index is 1.59. The highest BCUT2D eigenvalue weighted by Gasteiger charge is 2.44. The summed E-state index contributed by atoms with van der Waals surface area (Å²) in [6.45, 7) is 8.21. The molecule has 38 heavy (non-hydrogen) atoms. The van der Waals surface area contributed by atoms with Crippen LogP contribution in [0.1, 0.15) is 85.2 Å². The predicted molar refractivity (Wildman–Crippen MR) is 144 cm³/mol. The van der Waals surface area contributed by atoms with Crippen molar-refractivity contribution in [2.75, 3.05) is 4.90 Å². The lowest BCUT2D eigenvalue weighted by molar-refractivity contribution is -0.0597. The normalized spacial score (nSPS) is 20.6. The van der Waals surface area contributed by atoms with Crippen LogP contribution in [0.3, 0.4) is 0 Å². The Kier molecular flexibility index (Phi) is 7.56. The Morgan fingerprint density at radius 2 is 1.84 bits per heavy atom. The van der Waals surface area contributed by atoms with Crippen molar-refractivity contribution < 1.29 is 34.8 Å². The van der Waals surface area contributed by atoms with E-state index in [-0.39, 0.29) is 29.8 Å². The van der Waals surface area contributed by atoms with Crippen LogP contribution in [0.25, 0.3) is 0 Å². The standard InChI is InChI=1S/C30H35NO7/c1-17(2)7-5-8-18(3)9-6-12-30(4)26(34)15-21-25(33)14-20-23(27(21)38-30)16-31(28(20)35)19-10-11-24(32)22(13-19)29(36)37/h7,9-11,13-14,26,32-34H,5-6,8,12,15-16H2,1-4H3,(H,36,37)/t26-,30-/m0/s1. The van der Waals surface area contributed by atoms with Crippen LogP contribution in [-0.2, 0) is 13.0 Å². The van der Waals surface area contributed by atoms with E-state index in [9.17, 15) is 30.0 Å². The molecule has 0 spiro atoms. The minimum absolute atomic E-state index is 0.107. The van der Waals surface area contributed by atoms with Crippen LogP contribution in [-0.4, -0.2) is 44.0 Å². The lowest BCUT2D eigenvalue weighted by atomic mass is 9.84. The molecule has 2 aromatic carbocycles. The van der Waals surface area contributed by atoms with E-state index in [0.717, 1.165) is 12.8 Å². The number of carboxylic acids is 1. The number of carbonyl (C=O) groups is 2. The summed E-state index contributed by atoms with van der Waals surface area (Å²) in [7, 11) is 0. The van der Waals surface area contributed by atoms with Crippen molar-refractivity contribution in [2.45, 2.75) is 78.0 Å². The number of carbonyl (C=O) groups excluding carboxylic acids is 1. The molecule has 2 aliphatic rings. The zero-order valence-electron chi connectivity index (χ0n) is 22.2. The lowest BCUT2D eigenvalue weighted by Gasteiger charge is -2.40.